The fourth-order valence-electron chi connectivity index (χ4n) is 2.93. The quantitative estimate of drug-likeness (QED) is 0.300. The predicted octanol–water partition coefficient (Wildman–Crippen LogP) is 2.44. The lowest BCUT2D eigenvalue weighted by Crippen LogP contribution is -2.32. The van der Waals surface area contributed by atoms with Gasteiger partial charge < -0.3 is 19.5 Å². The van der Waals surface area contributed by atoms with Gasteiger partial charge in [0.05, 0.1) is 17.8 Å². The maximum atomic E-state index is 11.8. The number of methoxy groups -OCH3 is 1. The van der Waals surface area contributed by atoms with E-state index >= 15 is 0 Å². The van der Waals surface area contributed by atoms with Gasteiger partial charge in [0.25, 0.3) is 0 Å². The molecule has 8 heteroatoms. The third-order valence-corrected chi connectivity index (χ3v) is 5.33. The van der Waals surface area contributed by atoms with Crippen LogP contribution in [0.5, 0.6) is 0 Å². The lowest BCUT2D eigenvalue weighted by molar-refractivity contribution is -0.138. The van der Waals surface area contributed by atoms with E-state index in [1.165, 1.54) is 4.90 Å². The van der Waals surface area contributed by atoms with Crippen LogP contribution in [0.3, 0.4) is 0 Å². The number of nitrogens with zero attached hydrogens (tertiary/aromatic N) is 1. The van der Waals surface area contributed by atoms with Gasteiger partial charge in [-0.05, 0) is 53.4 Å². The van der Waals surface area contributed by atoms with Crippen LogP contribution in [-0.2, 0) is 28.6 Å². The summed E-state index contributed by atoms with van der Waals surface area (Å²) in [5, 5.41) is 2.84. The molecule has 0 spiro atoms. The van der Waals surface area contributed by atoms with Gasteiger partial charge in [-0.25, -0.2) is 0 Å². The molecular weight excluding hydrogens is 388 g/mol. The molecule has 3 amide bonds. The Balaban J connectivity index is 1.99. The Morgan fingerprint density at radius 1 is 0.967 bits per heavy atom. The van der Waals surface area contributed by atoms with E-state index in [2.05, 4.69) is 19.2 Å². The standard InChI is InChI=1S/C22H40N2O6/c1-21(2,28-5)12-17-30-22(3,4)11-16-29-15-7-13-23-18(25)8-6-14-24-19(26)9-10-20(24)27/h6-17H2,1-5H3,(H,23,25). The third kappa shape index (κ3) is 11.0. The molecule has 0 atom stereocenters. The fraction of sp³-hybridized carbons (Fsp3) is 0.864. The summed E-state index contributed by atoms with van der Waals surface area (Å²) in [6, 6.07) is 0. The number of hydrogen-bond acceptors (Lipinski definition) is 6. The van der Waals surface area contributed by atoms with Crippen molar-refractivity contribution in [1.82, 2.24) is 10.2 Å². The van der Waals surface area contributed by atoms with E-state index in [0.29, 0.717) is 58.6 Å². The fourth-order valence-corrected chi connectivity index (χ4v) is 2.93. The number of likely N-dealkylation sites (tertiary alicyclic amines) is 1. The molecule has 0 bridgehead atoms. The Labute approximate surface area is 181 Å². The van der Waals surface area contributed by atoms with Crippen LogP contribution in [0.4, 0.5) is 0 Å². The van der Waals surface area contributed by atoms with Gasteiger partial charge in [0, 0.05) is 52.7 Å². The Morgan fingerprint density at radius 2 is 1.60 bits per heavy atom. The average Bonchev–Trinajstić information content (AvgIpc) is 2.99. The van der Waals surface area contributed by atoms with Gasteiger partial charge in [0.1, 0.15) is 0 Å². The van der Waals surface area contributed by atoms with Crippen molar-refractivity contribution in [3.63, 3.8) is 0 Å². The second-order valence-electron chi connectivity index (χ2n) is 8.93. The lowest BCUT2D eigenvalue weighted by atomic mass is 10.0. The first-order chi connectivity index (χ1) is 14.1. The van der Waals surface area contributed by atoms with E-state index < -0.39 is 0 Å². The minimum Gasteiger partial charge on any atom is -0.381 e. The molecule has 1 aliphatic rings. The predicted molar refractivity (Wildman–Crippen MR) is 114 cm³/mol. The first-order valence-electron chi connectivity index (χ1n) is 10.9. The highest BCUT2D eigenvalue weighted by Gasteiger charge is 2.28. The monoisotopic (exact) mass is 428 g/mol. The second-order valence-corrected chi connectivity index (χ2v) is 8.93. The van der Waals surface area contributed by atoms with Crippen molar-refractivity contribution in [1.29, 1.82) is 0 Å². The van der Waals surface area contributed by atoms with Gasteiger partial charge >= 0.3 is 0 Å². The molecule has 8 nitrogen and oxygen atoms in total. The molecule has 1 saturated heterocycles. The Morgan fingerprint density at radius 3 is 2.23 bits per heavy atom. The highest BCUT2D eigenvalue weighted by atomic mass is 16.5. The van der Waals surface area contributed by atoms with Crippen molar-refractivity contribution in [3.05, 3.63) is 0 Å². The number of carbonyl (C=O) groups is 3. The zero-order chi connectivity index (χ0) is 22.6. The zero-order valence-corrected chi connectivity index (χ0v) is 19.4. The number of amides is 3. The van der Waals surface area contributed by atoms with E-state index in [1.807, 2.05) is 13.8 Å². The van der Waals surface area contributed by atoms with E-state index in [9.17, 15) is 14.4 Å². The molecule has 1 aliphatic heterocycles. The molecule has 0 aromatic rings. The van der Waals surface area contributed by atoms with Gasteiger partial charge in [0.2, 0.25) is 17.7 Å². The summed E-state index contributed by atoms with van der Waals surface area (Å²) in [6.45, 7) is 10.9. The molecule has 0 unspecified atom stereocenters. The highest BCUT2D eigenvalue weighted by Crippen LogP contribution is 2.19. The molecule has 1 fully saturated rings. The summed E-state index contributed by atoms with van der Waals surface area (Å²) in [4.78, 5) is 36.1. The van der Waals surface area contributed by atoms with E-state index in [1.54, 1.807) is 7.11 Å². The topological polar surface area (TPSA) is 94.2 Å². The number of imide groups is 1. The number of rotatable bonds is 16. The molecule has 0 aromatic carbocycles. The van der Waals surface area contributed by atoms with E-state index in [4.69, 9.17) is 14.2 Å². The van der Waals surface area contributed by atoms with Gasteiger partial charge in [0.15, 0.2) is 0 Å². The van der Waals surface area contributed by atoms with Crippen LogP contribution in [-0.4, -0.2) is 73.8 Å². The summed E-state index contributed by atoms with van der Waals surface area (Å²) in [5.74, 6) is -0.336. The summed E-state index contributed by atoms with van der Waals surface area (Å²) in [6.07, 6.45) is 3.75. The van der Waals surface area contributed by atoms with Crippen molar-refractivity contribution >= 4 is 17.7 Å². The second kappa shape index (κ2) is 13.0. The van der Waals surface area contributed by atoms with Crippen LogP contribution < -0.4 is 5.32 Å². The van der Waals surface area contributed by atoms with Crippen LogP contribution in [0.2, 0.25) is 0 Å². The van der Waals surface area contributed by atoms with Gasteiger partial charge in [-0.2, -0.15) is 0 Å². The Bertz CT molecular complexity index is 546. The molecule has 1 heterocycles. The van der Waals surface area contributed by atoms with Crippen LogP contribution in [0.1, 0.15) is 72.6 Å². The number of carbonyl (C=O) groups excluding carboxylic acids is 3. The summed E-state index contributed by atoms with van der Waals surface area (Å²) in [5.41, 5.74) is -0.434. The van der Waals surface area contributed by atoms with Crippen molar-refractivity contribution in [2.24, 2.45) is 0 Å². The molecule has 0 aliphatic carbocycles. The van der Waals surface area contributed by atoms with Crippen LogP contribution in [0.15, 0.2) is 0 Å². The maximum Gasteiger partial charge on any atom is 0.229 e. The Hall–Kier alpha value is -1.51. The van der Waals surface area contributed by atoms with Crippen LogP contribution in [0, 0.1) is 0 Å². The summed E-state index contributed by atoms with van der Waals surface area (Å²) < 4.78 is 17.0. The molecule has 174 valence electrons. The summed E-state index contributed by atoms with van der Waals surface area (Å²) in [7, 11) is 1.71. The van der Waals surface area contributed by atoms with Gasteiger partial charge in [-0.1, -0.05) is 0 Å². The minimum atomic E-state index is -0.254. The largest absolute Gasteiger partial charge is 0.381 e. The normalized spacial score (nSPS) is 15.2. The average molecular weight is 429 g/mol. The SMILES string of the molecule is COC(C)(C)CCOC(C)(C)CCOCCCNC(=O)CCCN1C(=O)CCC1=O. The zero-order valence-electron chi connectivity index (χ0n) is 19.4. The number of hydrogen-bond donors (Lipinski definition) is 1. The first kappa shape index (κ1) is 26.5. The molecule has 0 aromatic heterocycles. The molecule has 1 N–H and O–H groups in total. The molecular formula is C22H40N2O6. The van der Waals surface area contributed by atoms with Gasteiger partial charge in [-0.15, -0.1) is 0 Å². The maximum absolute atomic E-state index is 11.8. The van der Waals surface area contributed by atoms with Crippen LogP contribution in [0.25, 0.3) is 0 Å². The van der Waals surface area contributed by atoms with Crippen molar-refractivity contribution in [2.45, 2.75) is 83.8 Å². The molecule has 0 radical (unpaired) electrons. The Kier molecular flexibility index (Phi) is 11.5. The molecule has 30 heavy (non-hydrogen) atoms. The third-order valence-electron chi connectivity index (χ3n) is 5.33. The van der Waals surface area contributed by atoms with Crippen molar-refractivity contribution in [2.75, 3.05) is 40.0 Å². The first-order valence-corrected chi connectivity index (χ1v) is 10.9. The van der Waals surface area contributed by atoms with Crippen molar-refractivity contribution in [3.8, 4) is 0 Å². The summed E-state index contributed by atoms with van der Waals surface area (Å²) >= 11 is 0. The minimum absolute atomic E-state index is 0.0670. The van der Waals surface area contributed by atoms with E-state index in [0.717, 1.165) is 19.3 Å². The van der Waals surface area contributed by atoms with Gasteiger partial charge in [-0.3, -0.25) is 19.3 Å². The number of ether oxygens (including phenoxy) is 3. The van der Waals surface area contributed by atoms with E-state index in [-0.39, 0.29) is 28.9 Å². The number of nitrogens with one attached hydrogen (secondary N) is 1. The molecule has 1 rings (SSSR count). The lowest BCUT2D eigenvalue weighted by Gasteiger charge is -2.28. The molecule has 0 saturated carbocycles. The highest BCUT2D eigenvalue weighted by molar-refractivity contribution is 6.01. The van der Waals surface area contributed by atoms with Crippen LogP contribution >= 0.6 is 0 Å². The van der Waals surface area contributed by atoms with Crippen molar-refractivity contribution < 1.29 is 28.6 Å². The smallest absolute Gasteiger partial charge is 0.229 e.